The summed E-state index contributed by atoms with van der Waals surface area (Å²) in [6, 6.07) is 11.5. The molecule has 0 aliphatic carbocycles. The number of nitrogens with zero attached hydrogens (tertiary/aromatic N) is 1. The third-order valence-electron chi connectivity index (χ3n) is 4.89. The second-order valence-electron chi connectivity index (χ2n) is 6.71. The first-order valence-corrected chi connectivity index (χ1v) is 9.03. The number of carboxylic acid groups (broad SMARTS) is 1. The molecule has 0 amide bonds. The van der Waals surface area contributed by atoms with Crippen LogP contribution in [0.15, 0.2) is 48.5 Å². The molecule has 0 aromatic heterocycles. The number of rotatable bonds is 4. The third-order valence-corrected chi connectivity index (χ3v) is 5.13. The second kappa shape index (κ2) is 7.90. The van der Waals surface area contributed by atoms with E-state index in [2.05, 4.69) is 0 Å². The number of aliphatic carboxylic acids is 1. The summed E-state index contributed by atoms with van der Waals surface area (Å²) in [7, 11) is 0. The van der Waals surface area contributed by atoms with Crippen molar-refractivity contribution in [1.29, 1.82) is 0 Å². The van der Waals surface area contributed by atoms with Crippen molar-refractivity contribution in [2.24, 2.45) is 5.92 Å². The number of halogens is 4. The monoisotopic (exact) mass is 397 g/mol. The summed E-state index contributed by atoms with van der Waals surface area (Å²) in [5.74, 6) is -1.52. The number of piperidine rings is 1. The number of hydrogen-bond acceptors (Lipinski definition) is 2. The molecule has 0 saturated carbocycles. The van der Waals surface area contributed by atoms with E-state index in [9.17, 15) is 23.1 Å². The summed E-state index contributed by atoms with van der Waals surface area (Å²) in [4.78, 5) is 13.3. The highest BCUT2D eigenvalue weighted by Crippen LogP contribution is 2.40. The first-order chi connectivity index (χ1) is 12.8. The van der Waals surface area contributed by atoms with E-state index >= 15 is 0 Å². The van der Waals surface area contributed by atoms with Crippen LogP contribution in [-0.4, -0.2) is 29.1 Å². The molecule has 3 rings (SSSR count). The van der Waals surface area contributed by atoms with Gasteiger partial charge in [-0.25, -0.2) is 0 Å². The van der Waals surface area contributed by atoms with Gasteiger partial charge in [-0.1, -0.05) is 41.9 Å². The summed E-state index contributed by atoms with van der Waals surface area (Å²) in [6.07, 6.45) is -3.37. The zero-order valence-corrected chi connectivity index (χ0v) is 15.2. The summed E-state index contributed by atoms with van der Waals surface area (Å²) >= 11 is 6.09. The molecule has 1 N–H and O–H groups in total. The van der Waals surface area contributed by atoms with Crippen molar-refractivity contribution in [3.05, 3.63) is 70.2 Å². The summed E-state index contributed by atoms with van der Waals surface area (Å²) in [5.41, 5.74) is 0.0102. The Bertz CT molecular complexity index is 825. The summed E-state index contributed by atoms with van der Waals surface area (Å²) in [6.45, 7) is 0.714. The number of hydrogen-bond donors (Lipinski definition) is 1. The highest BCUT2D eigenvalue weighted by molar-refractivity contribution is 6.30. The Kier molecular flexibility index (Phi) is 5.77. The van der Waals surface area contributed by atoms with Gasteiger partial charge in [0.15, 0.2) is 0 Å². The smallest absolute Gasteiger partial charge is 0.416 e. The highest BCUT2D eigenvalue weighted by Gasteiger charge is 2.38. The van der Waals surface area contributed by atoms with Gasteiger partial charge in [-0.05, 0) is 48.7 Å². The van der Waals surface area contributed by atoms with Crippen LogP contribution < -0.4 is 0 Å². The zero-order chi connectivity index (χ0) is 19.6. The molecule has 2 aromatic rings. The molecule has 2 atom stereocenters. The Morgan fingerprint density at radius 1 is 1.19 bits per heavy atom. The Hall–Kier alpha value is -2.05. The lowest BCUT2D eigenvalue weighted by molar-refractivity contribution is -0.144. The van der Waals surface area contributed by atoms with Crippen molar-refractivity contribution in [2.45, 2.75) is 25.1 Å². The van der Waals surface area contributed by atoms with Crippen molar-refractivity contribution in [2.75, 3.05) is 13.1 Å². The van der Waals surface area contributed by atoms with Crippen molar-refractivity contribution in [3.8, 4) is 0 Å². The average Bonchev–Trinajstić information content (AvgIpc) is 2.62. The molecule has 0 radical (unpaired) electrons. The Balaban J connectivity index is 2.11. The fourth-order valence-electron chi connectivity index (χ4n) is 3.70. The molecule has 2 unspecified atom stereocenters. The van der Waals surface area contributed by atoms with E-state index in [1.54, 1.807) is 30.3 Å². The second-order valence-corrected chi connectivity index (χ2v) is 7.15. The summed E-state index contributed by atoms with van der Waals surface area (Å²) < 4.78 is 40.9. The number of alkyl halides is 3. The van der Waals surface area contributed by atoms with E-state index in [-0.39, 0.29) is 12.1 Å². The van der Waals surface area contributed by atoms with Gasteiger partial charge in [-0.2, -0.15) is 13.2 Å². The SMILES string of the molecule is O=C(O)C1CCCN(C(c2cccc(Cl)c2)c2ccccc2C(F)(F)F)C1. The van der Waals surface area contributed by atoms with Crippen LogP contribution >= 0.6 is 11.6 Å². The minimum absolute atomic E-state index is 0.110. The number of likely N-dealkylation sites (tertiary alicyclic amines) is 1. The maximum absolute atomic E-state index is 13.6. The average molecular weight is 398 g/mol. The number of benzene rings is 2. The highest BCUT2D eigenvalue weighted by atomic mass is 35.5. The van der Waals surface area contributed by atoms with Crippen LogP contribution in [0.4, 0.5) is 13.2 Å². The van der Waals surface area contributed by atoms with Gasteiger partial charge < -0.3 is 5.11 Å². The minimum atomic E-state index is -4.50. The predicted octanol–water partition coefficient (Wildman–Crippen LogP) is 5.24. The maximum Gasteiger partial charge on any atom is 0.416 e. The van der Waals surface area contributed by atoms with E-state index in [0.29, 0.717) is 30.0 Å². The Morgan fingerprint density at radius 2 is 1.93 bits per heavy atom. The lowest BCUT2D eigenvalue weighted by Crippen LogP contribution is -2.41. The largest absolute Gasteiger partial charge is 0.481 e. The van der Waals surface area contributed by atoms with Crippen LogP contribution in [0.3, 0.4) is 0 Å². The lowest BCUT2D eigenvalue weighted by Gasteiger charge is -2.38. The first-order valence-electron chi connectivity index (χ1n) is 8.66. The Labute approximate surface area is 160 Å². The van der Waals surface area contributed by atoms with Crippen molar-refractivity contribution in [3.63, 3.8) is 0 Å². The fourth-order valence-corrected chi connectivity index (χ4v) is 3.90. The van der Waals surface area contributed by atoms with Gasteiger partial charge in [0.25, 0.3) is 0 Å². The van der Waals surface area contributed by atoms with Crippen LogP contribution in [0.2, 0.25) is 5.02 Å². The quantitative estimate of drug-likeness (QED) is 0.766. The molecule has 1 saturated heterocycles. The predicted molar refractivity (Wildman–Crippen MR) is 96.7 cm³/mol. The molecule has 3 nitrogen and oxygen atoms in total. The maximum atomic E-state index is 13.6. The first kappa shape index (κ1) is 19.7. The normalized spacial score (nSPS) is 19.6. The van der Waals surface area contributed by atoms with E-state index in [0.717, 1.165) is 6.07 Å². The van der Waals surface area contributed by atoms with E-state index in [4.69, 9.17) is 11.6 Å². The van der Waals surface area contributed by atoms with Crippen LogP contribution in [0, 0.1) is 5.92 Å². The van der Waals surface area contributed by atoms with E-state index in [1.165, 1.54) is 12.1 Å². The molecule has 7 heteroatoms. The van der Waals surface area contributed by atoms with Gasteiger partial charge in [-0.3, -0.25) is 9.69 Å². The van der Waals surface area contributed by atoms with E-state index < -0.39 is 29.7 Å². The molecule has 1 fully saturated rings. The molecule has 1 aliphatic heterocycles. The molecular formula is C20H19ClF3NO2. The molecular weight excluding hydrogens is 379 g/mol. The molecule has 2 aromatic carbocycles. The van der Waals surface area contributed by atoms with Gasteiger partial charge >= 0.3 is 12.1 Å². The molecule has 144 valence electrons. The molecule has 1 aliphatic rings. The molecule has 1 heterocycles. The minimum Gasteiger partial charge on any atom is -0.481 e. The lowest BCUT2D eigenvalue weighted by atomic mass is 9.89. The van der Waals surface area contributed by atoms with Crippen LogP contribution in [0.5, 0.6) is 0 Å². The van der Waals surface area contributed by atoms with Gasteiger partial charge in [0.1, 0.15) is 0 Å². The number of carbonyl (C=O) groups is 1. The number of carboxylic acids is 1. The molecule has 0 spiro atoms. The fraction of sp³-hybridized carbons (Fsp3) is 0.350. The van der Waals surface area contributed by atoms with Crippen LogP contribution in [0.25, 0.3) is 0 Å². The standard InChI is InChI=1S/C20H19ClF3NO2/c21-15-7-3-5-13(11-15)18(25-10-4-6-14(12-25)19(26)27)16-8-1-2-9-17(16)20(22,23)24/h1-3,5,7-9,11,14,18H,4,6,10,12H2,(H,26,27). The van der Waals surface area contributed by atoms with Crippen molar-refractivity contribution in [1.82, 2.24) is 4.90 Å². The van der Waals surface area contributed by atoms with Crippen LogP contribution in [-0.2, 0) is 11.0 Å². The molecule has 0 bridgehead atoms. The van der Waals surface area contributed by atoms with Crippen LogP contribution in [0.1, 0.15) is 35.6 Å². The topological polar surface area (TPSA) is 40.5 Å². The summed E-state index contributed by atoms with van der Waals surface area (Å²) in [5, 5.41) is 9.80. The van der Waals surface area contributed by atoms with Gasteiger partial charge in [0, 0.05) is 11.6 Å². The third kappa shape index (κ3) is 4.45. The van der Waals surface area contributed by atoms with Crippen molar-refractivity contribution >= 4 is 17.6 Å². The van der Waals surface area contributed by atoms with Gasteiger partial charge in [0.05, 0.1) is 17.5 Å². The van der Waals surface area contributed by atoms with Crippen molar-refractivity contribution < 1.29 is 23.1 Å². The van der Waals surface area contributed by atoms with E-state index in [1.807, 2.05) is 4.90 Å². The Morgan fingerprint density at radius 3 is 2.59 bits per heavy atom. The van der Waals surface area contributed by atoms with Gasteiger partial charge in [-0.15, -0.1) is 0 Å². The zero-order valence-electron chi connectivity index (χ0n) is 14.4. The van der Waals surface area contributed by atoms with Gasteiger partial charge in [0.2, 0.25) is 0 Å². The molecule has 27 heavy (non-hydrogen) atoms.